The predicted octanol–water partition coefficient (Wildman–Crippen LogP) is 7.34. The molecule has 0 bridgehead atoms. The molecule has 0 saturated carbocycles. The fraction of sp³-hybridized carbons (Fsp3) is 0.0625. The number of rotatable bonds is 8. The minimum absolute atomic E-state index is 0.0201. The molecule has 0 radical (unpaired) electrons. The zero-order valence-electron chi connectivity index (χ0n) is 23.4. The van der Waals surface area contributed by atoms with Crippen LogP contribution in [0.2, 0.25) is 5.02 Å². The molecule has 6 rings (SSSR count). The molecule has 224 valence electrons. The number of nitrogens with one attached hydrogen (secondary N) is 1. The van der Waals surface area contributed by atoms with Crippen LogP contribution in [0, 0.1) is 17.0 Å². The number of para-hydroxylation sites is 1. The SMILES string of the molecule is Cc1ccc(NC(=O)COc2c(C=Nn3c(-c4cc5cc(Br)ccc5o4)nc4ccccc4c3=O)cc(Cl)cc2[N+](=O)[O-])cc1. The number of anilines is 1. The van der Waals surface area contributed by atoms with Gasteiger partial charge in [-0.1, -0.05) is 57.4 Å². The number of carbonyl (C=O) groups is 1. The fourth-order valence-corrected chi connectivity index (χ4v) is 5.19. The van der Waals surface area contributed by atoms with E-state index < -0.39 is 28.7 Å². The minimum Gasteiger partial charge on any atom is -0.476 e. The first-order valence-electron chi connectivity index (χ1n) is 13.4. The third kappa shape index (κ3) is 6.33. The molecule has 0 aliphatic carbocycles. The molecular formula is C32H21BrClN5O6. The Hall–Kier alpha value is -5.33. The lowest BCUT2D eigenvalue weighted by atomic mass is 10.2. The number of fused-ring (bicyclic) bond motifs is 2. The summed E-state index contributed by atoms with van der Waals surface area (Å²) in [7, 11) is 0. The van der Waals surface area contributed by atoms with Crippen LogP contribution in [-0.2, 0) is 4.79 Å². The van der Waals surface area contributed by atoms with E-state index in [0.29, 0.717) is 22.2 Å². The maximum atomic E-state index is 13.7. The largest absolute Gasteiger partial charge is 0.476 e. The molecule has 0 fully saturated rings. The second-order valence-corrected chi connectivity index (χ2v) is 11.3. The summed E-state index contributed by atoms with van der Waals surface area (Å²) < 4.78 is 13.6. The van der Waals surface area contributed by atoms with Gasteiger partial charge in [0.25, 0.3) is 11.5 Å². The number of hydrogen-bond acceptors (Lipinski definition) is 8. The van der Waals surface area contributed by atoms with Crippen molar-refractivity contribution in [2.45, 2.75) is 6.92 Å². The number of halogens is 2. The van der Waals surface area contributed by atoms with Gasteiger partial charge in [0.05, 0.1) is 22.0 Å². The first-order chi connectivity index (χ1) is 21.7. The number of carbonyl (C=O) groups excluding carboxylic acids is 1. The molecule has 11 nitrogen and oxygen atoms in total. The first kappa shape index (κ1) is 29.7. The predicted molar refractivity (Wildman–Crippen MR) is 175 cm³/mol. The van der Waals surface area contributed by atoms with Gasteiger partial charge in [-0.3, -0.25) is 19.7 Å². The van der Waals surface area contributed by atoms with Crippen LogP contribution < -0.4 is 15.6 Å². The zero-order valence-corrected chi connectivity index (χ0v) is 25.7. The standard InChI is InChI=1S/C32H21BrClN5O6/c1-18-6-9-23(10-7-18)36-29(40)17-44-30-20(13-22(34)15-26(30)39(42)43)16-35-38-31(37-25-5-3-2-4-24(25)32(38)41)28-14-19-12-21(33)8-11-27(19)45-28/h2-16H,17H2,1H3,(H,36,40). The van der Waals surface area contributed by atoms with E-state index in [1.807, 2.05) is 31.2 Å². The van der Waals surface area contributed by atoms with Crippen LogP contribution in [0.4, 0.5) is 11.4 Å². The van der Waals surface area contributed by atoms with Crippen LogP contribution in [0.15, 0.2) is 104 Å². The summed E-state index contributed by atoms with van der Waals surface area (Å²) in [6.45, 7) is 1.37. The van der Waals surface area contributed by atoms with E-state index in [-0.39, 0.29) is 27.9 Å². The highest BCUT2D eigenvalue weighted by Crippen LogP contribution is 2.34. The maximum Gasteiger partial charge on any atom is 0.313 e. The number of amides is 1. The molecule has 0 saturated heterocycles. The molecule has 0 aliphatic rings. The highest BCUT2D eigenvalue weighted by Gasteiger charge is 2.23. The molecule has 6 aromatic rings. The Morgan fingerprint density at radius 2 is 1.91 bits per heavy atom. The lowest BCUT2D eigenvalue weighted by molar-refractivity contribution is -0.385. The number of benzene rings is 4. The minimum atomic E-state index is -0.682. The monoisotopic (exact) mass is 685 g/mol. The molecule has 2 aromatic heterocycles. The second kappa shape index (κ2) is 12.3. The number of ether oxygens (including phenoxy) is 1. The summed E-state index contributed by atoms with van der Waals surface area (Å²) in [6, 6.07) is 23.6. The number of nitro groups is 1. The van der Waals surface area contributed by atoms with Crippen molar-refractivity contribution in [3.05, 3.63) is 126 Å². The van der Waals surface area contributed by atoms with Gasteiger partial charge in [0.15, 0.2) is 12.4 Å². The average molecular weight is 687 g/mol. The Labute approximate surface area is 268 Å². The van der Waals surface area contributed by atoms with E-state index in [1.54, 1.807) is 48.5 Å². The second-order valence-electron chi connectivity index (χ2n) is 9.91. The summed E-state index contributed by atoms with van der Waals surface area (Å²) in [5.74, 6) is -0.438. The summed E-state index contributed by atoms with van der Waals surface area (Å²) in [5.41, 5.74) is 1.60. The van der Waals surface area contributed by atoms with E-state index in [4.69, 9.17) is 20.8 Å². The highest BCUT2D eigenvalue weighted by atomic mass is 79.9. The lowest BCUT2D eigenvalue weighted by Crippen LogP contribution is -2.21. The molecule has 2 heterocycles. The van der Waals surface area contributed by atoms with Gasteiger partial charge < -0.3 is 14.5 Å². The van der Waals surface area contributed by atoms with Crippen molar-refractivity contribution >= 4 is 72.9 Å². The molecule has 0 unspecified atom stereocenters. The van der Waals surface area contributed by atoms with E-state index in [2.05, 4.69) is 31.3 Å². The number of nitro benzene ring substituents is 1. The van der Waals surface area contributed by atoms with Crippen molar-refractivity contribution in [2.24, 2.45) is 5.10 Å². The number of nitrogens with zero attached hydrogens (tertiary/aromatic N) is 4. The van der Waals surface area contributed by atoms with Gasteiger partial charge in [-0.15, -0.1) is 0 Å². The van der Waals surface area contributed by atoms with Crippen molar-refractivity contribution in [1.82, 2.24) is 9.66 Å². The Morgan fingerprint density at radius 1 is 1.13 bits per heavy atom. The van der Waals surface area contributed by atoms with Gasteiger partial charge in [-0.2, -0.15) is 9.78 Å². The van der Waals surface area contributed by atoms with E-state index >= 15 is 0 Å². The summed E-state index contributed by atoms with van der Waals surface area (Å²) in [5, 5.41) is 20.1. The lowest BCUT2D eigenvalue weighted by Gasteiger charge is -2.11. The summed E-state index contributed by atoms with van der Waals surface area (Å²) >= 11 is 9.67. The normalized spacial score (nSPS) is 11.4. The molecule has 4 aromatic carbocycles. The summed E-state index contributed by atoms with van der Waals surface area (Å²) in [4.78, 5) is 42.3. The Bertz CT molecular complexity index is 2210. The molecule has 0 aliphatic heterocycles. The van der Waals surface area contributed by atoms with Crippen molar-refractivity contribution in [1.29, 1.82) is 0 Å². The van der Waals surface area contributed by atoms with Crippen molar-refractivity contribution in [2.75, 3.05) is 11.9 Å². The van der Waals surface area contributed by atoms with Crippen LogP contribution in [0.5, 0.6) is 5.75 Å². The third-order valence-corrected chi connectivity index (χ3v) is 7.42. The van der Waals surface area contributed by atoms with Gasteiger partial charge >= 0.3 is 5.69 Å². The van der Waals surface area contributed by atoms with Crippen LogP contribution in [0.25, 0.3) is 33.5 Å². The van der Waals surface area contributed by atoms with Crippen molar-refractivity contribution in [3.8, 4) is 17.3 Å². The number of furan rings is 1. The smallest absolute Gasteiger partial charge is 0.313 e. The average Bonchev–Trinajstić information content (AvgIpc) is 3.44. The summed E-state index contributed by atoms with van der Waals surface area (Å²) in [6.07, 6.45) is 1.19. The van der Waals surface area contributed by atoms with Crippen molar-refractivity contribution in [3.63, 3.8) is 0 Å². The molecule has 45 heavy (non-hydrogen) atoms. The topological polar surface area (TPSA) is 142 Å². The number of aromatic nitrogens is 2. The zero-order chi connectivity index (χ0) is 31.7. The van der Waals surface area contributed by atoms with E-state index in [9.17, 15) is 19.7 Å². The van der Waals surface area contributed by atoms with Crippen LogP contribution in [0.3, 0.4) is 0 Å². The Morgan fingerprint density at radius 3 is 2.69 bits per heavy atom. The molecular weight excluding hydrogens is 666 g/mol. The Balaban J connectivity index is 1.42. The third-order valence-electron chi connectivity index (χ3n) is 6.71. The van der Waals surface area contributed by atoms with E-state index in [0.717, 1.165) is 26.2 Å². The first-order valence-corrected chi connectivity index (χ1v) is 14.6. The van der Waals surface area contributed by atoms with Gasteiger partial charge in [-0.25, -0.2) is 4.98 Å². The van der Waals surface area contributed by atoms with Crippen molar-refractivity contribution < 1.29 is 18.9 Å². The maximum absolute atomic E-state index is 13.7. The molecule has 1 amide bonds. The number of aryl methyl sites for hydroxylation is 1. The van der Waals surface area contributed by atoms with E-state index in [1.165, 1.54) is 12.3 Å². The van der Waals surface area contributed by atoms with Crippen LogP contribution >= 0.6 is 27.5 Å². The van der Waals surface area contributed by atoms with Crippen LogP contribution in [0.1, 0.15) is 11.1 Å². The fourth-order valence-electron chi connectivity index (χ4n) is 4.59. The molecule has 0 spiro atoms. The quantitative estimate of drug-likeness (QED) is 0.100. The van der Waals surface area contributed by atoms with Crippen LogP contribution in [-0.4, -0.2) is 33.3 Å². The Kier molecular flexibility index (Phi) is 8.16. The molecule has 1 N–H and O–H groups in total. The highest BCUT2D eigenvalue weighted by molar-refractivity contribution is 9.10. The molecule has 13 heteroatoms. The van der Waals surface area contributed by atoms with Gasteiger partial charge in [0, 0.05) is 32.2 Å². The number of hydrogen-bond donors (Lipinski definition) is 1. The van der Waals surface area contributed by atoms with Gasteiger partial charge in [0.1, 0.15) is 5.58 Å². The van der Waals surface area contributed by atoms with Gasteiger partial charge in [-0.05, 0) is 61.5 Å². The van der Waals surface area contributed by atoms with Gasteiger partial charge in [0.2, 0.25) is 11.6 Å². The molecule has 0 atom stereocenters.